The van der Waals surface area contributed by atoms with Gasteiger partial charge >= 0.3 is 0 Å². The van der Waals surface area contributed by atoms with Crippen LogP contribution >= 0.6 is 0 Å². The number of methoxy groups -OCH3 is 1. The fourth-order valence-corrected chi connectivity index (χ4v) is 3.91. The Bertz CT molecular complexity index is 877. The zero-order chi connectivity index (χ0) is 20.9. The molecule has 3 heterocycles. The Morgan fingerprint density at radius 3 is 2.37 bits per heavy atom. The van der Waals surface area contributed by atoms with E-state index in [4.69, 9.17) is 14.5 Å². The SMILES string of the molecule is COc1ccccc1OCC(=O)N1CCN(c2cc(C)nc(N3CCCC3)n2)CC1. The average molecular weight is 412 g/mol. The van der Waals surface area contributed by atoms with Gasteiger partial charge in [-0.1, -0.05) is 12.1 Å². The van der Waals surface area contributed by atoms with E-state index in [1.165, 1.54) is 12.8 Å². The normalized spacial score (nSPS) is 16.7. The summed E-state index contributed by atoms with van der Waals surface area (Å²) in [5.74, 6) is 2.96. The van der Waals surface area contributed by atoms with Crippen molar-refractivity contribution in [2.24, 2.45) is 0 Å². The van der Waals surface area contributed by atoms with Crippen LogP contribution < -0.4 is 19.3 Å². The number of nitrogens with zero attached hydrogens (tertiary/aromatic N) is 5. The Morgan fingerprint density at radius 1 is 0.967 bits per heavy atom. The Labute approximate surface area is 177 Å². The van der Waals surface area contributed by atoms with E-state index in [1.807, 2.05) is 36.1 Å². The van der Waals surface area contributed by atoms with E-state index in [2.05, 4.69) is 14.8 Å². The first-order chi connectivity index (χ1) is 14.6. The topological polar surface area (TPSA) is 71.0 Å². The standard InChI is InChI=1S/C22H29N5O3/c1-17-15-20(24-22(23-17)27-9-5-6-10-27)25-11-13-26(14-12-25)21(28)16-30-19-8-4-3-7-18(19)29-2/h3-4,7-8,15H,5-6,9-14,16H2,1-2H3. The highest BCUT2D eigenvalue weighted by Crippen LogP contribution is 2.26. The first-order valence-corrected chi connectivity index (χ1v) is 10.5. The van der Waals surface area contributed by atoms with Gasteiger partial charge in [0, 0.05) is 51.0 Å². The second-order valence-electron chi connectivity index (χ2n) is 7.67. The second-order valence-corrected chi connectivity index (χ2v) is 7.67. The minimum absolute atomic E-state index is 0.00605. The molecule has 0 unspecified atom stereocenters. The van der Waals surface area contributed by atoms with Crippen LogP contribution in [0, 0.1) is 6.92 Å². The van der Waals surface area contributed by atoms with E-state index in [0.717, 1.165) is 43.6 Å². The minimum atomic E-state index is -0.0165. The predicted octanol–water partition coefficient (Wildman–Crippen LogP) is 2.12. The number of anilines is 2. The van der Waals surface area contributed by atoms with Crippen LogP contribution in [0.3, 0.4) is 0 Å². The van der Waals surface area contributed by atoms with E-state index in [1.54, 1.807) is 13.2 Å². The summed E-state index contributed by atoms with van der Waals surface area (Å²) in [5.41, 5.74) is 0.977. The molecule has 4 rings (SSSR count). The van der Waals surface area contributed by atoms with E-state index >= 15 is 0 Å². The van der Waals surface area contributed by atoms with Gasteiger partial charge in [0.1, 0.15) is 5.82 Å². The fraction of sp³-hybridized carbons (Fsp3) is 0.500. The molecule has 1 aromatic carbocycles. The van der Waals surface area contributed by atoms with E-state index in [0.29, 0.717) is 24.6 Å². The average Bonchev–Trinajstić information content (AvgIpc) is 3.32. The molecule has 30 heavy (non-hydrogen) atoms. The number of benzene rings is 1. The van der Waals surface area contributed by atoms with Gasteiger partial charge in [0.2, 0.25) is 5.95 Å². The van der Waals surface area contributed by atoms with E-state index in [-0.39, 0.29) is 12.5 Å². The summed E-state index contributed by atoms with van der Waals surface area (Å²) in [7, 11) is 1.59. The molecule has 0 spiro atoms. The summed E-state index contributed by atoms with van der Waals surface area (Å²) in [6.07, 6.45) is 2.40. The molecule has 2 aliphatic rings. The lowest BCUT2D eigenvalue weighted by atomic mass is 10.3. The van der Waals surface area contributed by atoms with Crippen LogP contribution in [0.1, 0.15) is 18.5 Å². The maximum atomic E-state index is 12.6. The highest BCUT2D eigenvalue weighted by Gasteiger charge is 2.24. The van der Waals surface area contributed by atoms with Crippen LogP contribution in [0.15, 0.2) is 30.3 Å². The van der Waals surface area contributed by atoms with Crippen LogP contribution in [-0.2, 0) is 4.79 Å². The third-order valence-electron chi connectivity index (χ3n) is 5.59. The molecular weight excluding hydrogens is 382 g/mol. The quantitative estimate of drug-likeness (QED) is 0.721. The largest absolute Gasteiger partial charge is 0.493 e. The predicted molar refractivity (Wildman–Crippen MR) is 115 cm³/mol. The Balaban J connectivity index is 1.33. The highest BCUT2D eigenvalue weighted by molar-refractivity contribution is 5.78. The van der Waals surface area contributed by atoms with Crippen molar-refractivity contribution in [3.63, 3.8) is 0 Å². The van der Waals surface area contributed by atoms with Crippen molar-refractivity contribution in [3.05, 3.63) is 36.0 Å². The van der Waals surface area contributed by atoms with Crippen LogP contribution in [0.5, 0.6) is 11.5 Å². The van der Waals surface area contributed by atoms with E-state index < -0.39 is 0 Å². The number of hydrogen-bond donors (Lipinski definition) is 0. The van der Waals surface area contributed by atoms with Gasteiger partial charge in [-0.25, -0.2) is 4.98 Å². The summed E-state index contributed by atoms with van der Waals surface area (Å²) >= 11 is 0. The maximum absolute atomic E-state index is 12.6. The van der Waals surface area contributed by atoms with Crippen molar-refractivity contribution >= 4 is 17.7 Å². The van der Waals surface area contributed by atoms with Gasteiger partial charge in [-0.2, -0.15) is 4.98 Å². The number of carbonyl (C=O) groups is 1. The van der Waals surface area contributed by atoms with Gasteiger partial charge in [0.25, 0.3) is 5.91 Å². The van der Waals surface area contributed by atoms with Crippen molar-refractivity contribution < 1.29 is 14.3 Å². The molecule has 2 saturated heterocycles. The van der Waals surface area contributed by atoms with E-state index in [9.17, 15) is 4.79 Å². The first kappa shape index (κ1) is 20.3. The highest BCUT2D eigenvalue weighted by atomic mass is 16.5. The zero-order valence-corrected chi connectivity index (χ0v) is 17.7. The minimum Gasteiger partial charge on any atom is -0.493 e. The lowest BCUT2D eigenvalue weighted by molar-refractivity contribution is -0.133. The van der Waals surface area contributed by atoms with Gasteiger partial charge in [-0.15, -0.1) is 0 Å². The van der Waals surface area contributed by atoms with Crippen molar-refractivity contribution in [3.8, 4) is 11.5 Å². The van der Waals surface area contributed by atoms with Gasteiger partial charge in [-0.05, 0) is 31.9 Å². The number of aromatic nitrogens is 2. The van der Waals surface area contributed by atoms with Gasteiger partial charge in [-0.3, -0.25) is 4.79 Å². The summed E-state index contributed by atoms with van der Waals surface area (Å²) < 4.78 is 11.0. The number of piperazine rings is 1. The molecule has 0 aliphatic carbocycles. The zero-order valence-electron chi connectivity index (χ0n) is 17.7. The Hall–Kier alpha value is -3.03. The number of carbonyl (C=O) groups excluding carboxylic acids is 1. The van der Waals surface area contributed by atoms with Crippen LogP contribution in [0.4, 0.5) is 11.8 Å². The molecule has 160 valence electrons. The van der Waals surface area contributed by atoms with Crippen LogP contribution in [0.25, 0.3) is 0 Å². The lowest BCUT2D eigenvalue weighted by Gasteiger charge is -2.35. The molecule has 8 heteroatoms. The van der Waals surface area contributed by atoms with Crippen molar-refractivity contribution in [2.75, 3.05) is 62.8 Å². The lowest BCUT2D eigenvalue weighted by Crippen LogP contribution is -2.50. The molecule has 8 nitrogen and oxygen atoms in total. The summed E-state index contributed by atoms with van der Waals surface area (Å²) in [6.45, 7) is 6.86. The van der Waals surface area contributed by atoms with Gasteiger partial charge < -0.3 is 24.2 Å². The summed E-state index contributed by atoms with van der Waals surface area (Å²) in [5, 5.41) is 0. The monoisotopic (exact) mass is 411 g/mol. The molecule has 0 saturated carbocycles. The van der Waals surface area contributed by atoms with Gasteiger partial charge in [0.05, 0.1) is 7.11 Å². The smallest absolute Gasteiger partial charge is 0.260 e. The number of amides is 1. The molecular formula is C22H29N5O3. The second kappa shape index (κ2) is 9.19. The third-order valence-corrected chi connectivity index (χ3v) is 5.59. The molecule has 0 atom stereocenters. The van der Waals surface area contributed by atoms with Crippen molar-refractivity contribution in [1.82, 2.24) is 14.9 Å². The molecule has 2 aliphatic heterocycles. The summed E-state index contributed by atoms with van der Waals surface area (Å²) in [4.78, 5) is 28.4. The number of ether oxygens (including phenoxy) is 2. The maximum Gasteiger partial charge on any atom is 0.260 e. The fourth-order valence-electron chi connectivity index (χ4n) is 3.91. The molecule has 0 N–H and O–H groups in total. The summed E-state index contributed by atoms with van der Waals surface area (Å²) in [6, 6.07) is 9.39. The first-order valence-electron chi connectivity index (χ1n) is 10.5. The van der Waals surface area contributed by atoms with Crippen LogP contribution in [-0.4, -0.2) is 73.8 Å². The number of rotatable bonds is 6. The molecule has 2 fully saturated rings. The molecule has 1 aromatic heterocycles. The third kappa shape index (κ3) is 4.58. The van der Waals surface area contributed by atoms with Crippen LogP contribution in [0.2, 0.25) is 0 Å². The van der Waals surface area contributed by atoms with Crippen molar-refractivity contribution in [1.29, 1.82) is 0 Å². The number of aryl methyl sites for hydroxylation is 1. The van der Waals surface area contributed by atoms with Gasteiger partial charge in [0.15, 0.2) is 18.1 Å². The molecule has 1 amide bonds. The number of para-hydroxylation sites is 2. The molecule has 2 aromatic rings. The van der Waals surface area contributed by atoms with Crippen molar-refractivity contribution in [2.45, 2.75) is 19.8 Å². The number of hydrogen-bond acceptors (Lipinski definition) is 7. The molecule has 0 radical (unpaired) electrons. The Kier molecular flexibility index (Phi) is 6.21. The molecule has 0 bridgehead atoms. The Morgan fingerprint density at radius 2 is 1.67 bits per heavy atom.